The number of ether oxygens (including phenoxy) is 1. The van der Waals surface area contributed by atoms with Gasteiger partial charge in [-0.2, -0.15) is 26.3 Å². The SMILES string of the molecule is CC(C)(C)OC(=O)[C@H](CCC(=O)O)NC(=O)[C@H](CNC(=O)c1cc2c(c(C(F)(F)F)c1)COB2O)NC(=O)c1cc2c(c(C(F)(F)F)c1)COB2O. The number of carbonyl (C=O) groups excluding carboxylic acids is 4. The van der Waals surface area contributed by atoms with E-state index < -0.39 is 145 Å². The van der Waals surface area contributed by atoms with Gasteiger partial charge < -0.3 is 45.2 Å². The Morgan fingerprint density at radius 2 is 1.27 bits per heavy atom. The number of halogens is 6. The molecule has 0 saturated heterocycles. The minimum absolute atomic E-state index is 0.357. The van der Waals surface area contributed by atoms with Crippen LogP contribution < -0.4 is 26.9 Å². The largest absolute Gasteiger partial charge is 0.491 e. The van der Waals surface area contributed by atoms with Gasteiger partial charge in [0.2, 0.25) is 5.91 Å². The van der Waals surface area contributed by atoms with Gasteiger partial charge in [0.25, 0.3) is 11.8 Å². The van der Waals surface area contributed by atoms with Gasteiger partial charge in [0.15, 0.2) is 0 Å². The molecule has 22 heteroatoms. The van der Waals surface area contributed by atoms with Gasteiger partial charge in [0.1, 0.15) is 17.7 Å². The molecule has 2 aliphatic rings. The van der Waals surface area contributed by atoms with Crippen LogP contribution in [0.5, 0.6) is 0 Å². The standard InChI is InChI=1S/C30H31B2F6N3O11/c1-28(2,3)52-27(47)21(4-5-23(42)43)40-26(46)22(41-25(45)14-7-18(30(36,37)38)16-12-51-32(49)20(16)9-14)10-39-24(44)13-6-17(29(33,34)35)15-11-50-31(48)19(15)8-13/h6-9,21-22,48-49H,4-5,10-12H2,1-3H3,(H,39,44)(H,40,46)(H,41,45)(H,42,43)/t21-,22-/m0/s1. The van der Waals surface area contributed by atoms with Crippen LogP contribution in [0.3, 0.4) is 0 Å². The van der Waals surface area contributed by atoms with E-state index in [0.29, 0.717) is 12.1 Å². The average molecular weight is 745 g/mol. The highest BCUT2D eigenvalue weighted by atomic mass is 19.4. The number of benzene rings is 2. The van der Waals surface area contributed by atoms with E-state index in [1.807, 2.05) is 0 Å². The zero-order chi connectivity index (χ0) is 38.9. The minimum Gasteiger partial charge on any atom is -0.481 e. The molecule has 6 N–H and O–H groups in total. The molecule has 2 aromatic rings. The molecule has 0 spiro atoms. The average Bonchev–Trinajstić information content (AvgIpc) is 3.59. The smallest absolute Gasteiger partial charge is 0.481 e. The Bertz CT molecular complexity index is 1770. The Labute approximate surface area is 291 Å². The van der Waals surface area contributed by atoms with E-state index in [0.717, 1.165) is 12.1 Å². The maximum absolute atomic E-state index is 13.9. The lowest BCUT2D eigenvalue weighted by molar-refractivity contribution is -0.159. The Kier molecular flexibility index (Phi) is 11.7. The van der Waals surface area contributed by atoms with Crippen LogP contribution in [-0.2, 0) is 54.0 Å². The van der Waals surface area contributed by atoms with Crippen molar-refractivity contribution in [1.82, 2.24) is 16.0 Å². The summed E-state index contributed by atoms with van der Waals surface area (Å²) in [5, 5.41) is 35.7. The summed E-state index contributed by atoms with van der Waals surface area (Å²) in [5.74, 6) is -6.38. The Hall–Kier alpha value is -4.66. The third kappa shape index (κ3) is 9.60. The van der Waals surface area contributed by atoms with Crippen molar-refractivity contribution in [3.05, 3.63) is 57.6 Å². The fourth-order valence-corrected chi connectivity index (χ4v) is 5.33. The first kappa shape index (κ1) is 40.1. The van der Waals surface area contributed by atoms with Gasteiger partial charge in [0.05, 0.1) is 24.3 Å². The highest BCUT2D eigenvalue weighted by Gasteiger charge is 2.42. The first-order chi connectivity index (χ1) is 24.0. The second-order valence-electron chi connectivity index (χ2n) is 12.8. The lowest BCUT2D eigenvalue weighted by Crippen LogP contribution is -2.56. The molecule has 0 radical (unpaired) electrons. The van der Waals surface area contributed by atoms with E-state index in [1.165, 1.54) is 20.8 Å². The monoisotopic (exact) mass is 745 g/mol. The van der Waals surface area contributed by atoms with Gasteiger partial charge in [-0.3, -0.25) is 19.2 Å². The van der Waals surface area contributed by atoms with Crippen molar-refractivity contribution in [2.24, 2.45) is 0 Å². The van der Waals surface area contributed by atoms with Gasteiger partial charge in [-0.25, -0.2) is 4.79 Å². The van der Waals surface area contributed by atoms with Crippen LogP contribution in [-0.4, -0.2) is 83.3 Å². The maximum Gasteiger partial charge on any atom is 0.491 e. The number of carboxylic acid groups (broad SMARTS) is 1. The van der Waals surface area contributed by atoms with Gasteiger partial charge in [-0.15, -0.1) is 0 Å². The van der Waals surface area contributed by atoms with Crippen molar-refractivity contribution < 1.29 is 79.5 Å². The molecule has 2 aliphatic heterocycles. The molecule has 280 valence electrons. The van der Waals surface area contributed by atoms with Crippen molar-refractivity contribution in [2.75, 3.05) is 6.54 Å². The lowest BCUT2D eigenvalue weighted by atomic mass is 9.77. The van der Waals surface area contributed by atoms with Crippen molar-refractivity contribution in [3.63, 3.8) is 0 Å². The number of amides is 3. The highest BCUT2D eigenvalue weighted by Crippen LogP contribution is 2.35. The summed E-state index contributed by atoms with van der Waals surface area (Å²) in [4.78, 5) is 64.2. The van der Waals surface area contributed by atoms with Crippen molar-refractivity contribution in [2.45, 2.75) is 76.9 Å². The second kappa shape index (κ2) is 15.1. The van der Waals surface area contributed by atoms with Crippen LogP contribution in [0.2, 0.25) is 0 Å². The van der Waals surface area contributed by atoms with E-state index >= 15 is 0 Å². The Morgan fingerprint density at radius 1 is 0.788 bits per heavy atom. The molecule has 2 atom stereocenters. The molecule has 2 aromatic carbocycles. The first-order valence-corrected chi connectivity index (χ1v) is 15.4. The summed E-state index contributed by atoms with van der Waals surface area (Å²) in [6.45, 7) is 2.24. The molecule has 0 aromatic heterocycles. The fourth-order valence-electron chi connectivity index (χ4n) is 5.33. The van der Waals surface area contributed by atoms with Crippen molar-refractivity contribution >= 4 is 54.8 Å². The predicted molar refractivity (Wildman–Crippen MR) is 166 cm³/mol. The predicted octanol–water partition coefficient (Wildman–Crippen LogP) is 0.379. The Morgan fingerprint density at radius 3 is 1.71 bits per heavy atom. The number of esters is 1. The number of rotatable bonds is 11. The third-order valence-corrected chi connectivity index (χ3v) is 7.75. The minimum atomic E-state index is -5.02. The number of hydrogen-bond donors (Lipinski definition) is 6. The number of alkyl halides is 6. The maximum atomic E-state index is 13.9. The topological polar surface area (TPSA) is 210 Å². The normalized spacial score (nSPS) is 15.4. The van der Waals surface area contributed by atoms with Gasteiger partial charge in [0, 0.05) is 24.1 Å². The zero-order valence-electron chi connectivity index (χ0n) is 27.5. The van der Waals surface area contributed by atoms with Gasteiger partial charge >= 0.3 is 38.5 Å². The molecule has 0 saturated carbocycles. The molecule has 4 rings (SSSR count). The zero-order valence-corrected chi connectivity index (χ0v) is 27.5. The van der Waals surface area contributed by atoms with Gasteiger partial charge in [-0.05, 0) is 73.5 Å². The lowest BCUT2D eigenvalue weighted by Gasteiger charge is -2.26. The van der Waals surface area contributed by atoms with Crippen LogP contribution >= 0.6 is 0 Å². The number of carboxylic acids is 1. The van der Waals surface area contributed by atoms with Crippen LogP contribution in [0.15, 0.2) is 24.3 Å². The third-order valence-electron chi connectivity index (χ3n) is 7.75. The van der Waals surface area contributed by atoms with Crippen LogP contribution in [0.4, 0.5) is 26.3 Å². The quantitative estimate of drug-likeness (QED) is 0.105. The molecular weight excluding hydrogens is 714 g/mol. The molecule has 14 nitrogen and oxygen atoms in total. The highest BCUT2D eigenvalue weighted by molar-refractivity contribution is 6.62. The number of carbonyl (C=O) groups is 5. The van der Waals surface area contributed by atoms with Gasteiger partial charge in [-0.1, -0.05) is 0 Å². The summed E-state index contributed by atoms with van der Waals surface area (Å²) in [5.41, 5.74) is -6.74. The van der Waals surface area contributed by atoms with E-state index in [-0.39, 0.29) is 5.46 Å². The molecule has 0 unspecified atom stereocenters. The van der Waals surface area contributed by atoms with E-state index in [4.69, 9.17) is 19.2 Å². The number of nitrogens with one attached hydrogen (secondary N) is 3. The van der Waals surface area contributed by atoms with E-state index in [9.17, 15) is 60.4 Å². The Balaban J connectivity index is 1.67. The molecule has 52 heavy (non-hydrogen) atoms. The van der Waals surface area contributed by atoms with E-state index in [2.05, 4.69) is 16.0 Å². The molecule has 3 amide bonds. The number of fused-ring (bicyclic) bond motifs is 2. The summed E-state index contributed by atoms with van der Waals surface area (Å²) in [7, 11) is -3.63. The summed E-state index contributed by atoms with van der Waals surface area (Å²) >= 11 is 0. The summed E-state index contributed by atoms with van der Waals surface area (Å²) < 4.78 is 98.0. The summed E-state index contributed by atoms with van der Waals surface area (Å²) in [6, 6.07) is -0.958. The second-order valence-corrected chi connectivity index (χ2v) is 12.8. The molecular formula is C30H31B2F6N3O11. The molecule has 0 fully saturated rings. The fraction of sp³-hybridized carbons (Fsp3) is 0.433. The number of hydrogen-bond acceptors (Lipinski definition) is 10. The van der Waals surface area contributed by atoms with Crippen LogP contribution in [0.25, 0.3) is 0 Å². The summed E-state index contributed by atoms with van der Waals surface area (Å²) in [6.07, 6.45) is -11.2. The molecule has 0 bridgehead atoms. The van der Waals surface area contributed by atoms with E-state index in [1.54, 1.807) is 0 Å². The van der Waals surface area contributed by atoms with Crippen LogP contribution in [0.1, 0.15) is 76.6 Å². The number of aliphatic carboxylic acids is 1. The van der Waals surface area contributed by atoms with Crippen LogP contribution in [0, 0.1) is 0 Å². The van der Waals surface area contributed by atoms with Crippen molar-refractivity contribution in [1.29, 1.82) is 0 Å². The van der Waals surface area contributed by atoms with Crippen molar-refractivity contribution in [3.8, 4) is 0 Å². The first-order valence-electron chi connectivity index (χ1n) is 15.4. The molecule has 0 aliphatic carbocycles. The molecule has 2 heterocycles.